The molecule has 0 aliphatic rings. The molecule has 5 heteroatoms. The molecule has 0 aliphatic heterocycles. The zero-order chi connectivity index (χ0) is 12.6. The maximum Gasteiger partial charge on any atom is 0.148 e. The van der Waals surface area contributed by atoms with E-state index in [1.807, 2.05) is 18.2 Å². The summed E-state index contributed by atoms with van der Waals surface area (Å²) in [5.41, 5.74) is 1.25. The van der Waals surface area contributed by atoms with Crippen LogP contribution in [0, 0.1) is 0 Å². The highest BCUT2D eigenvalue weighted by molar-refractivity contribution is 7.90. The lowest BCUT2D eigenvalue weighted by atomic mass is 10.2. The molecule has 17 heavy (non-hydrogen) atoms. The van der Waals surface area contributed by atoms with Crippen molar-refractivity contribution in [3.8, 4) is 0 Å². The Morgan fingerprint density at radius 1 is 1.00 bits per heavy atom. The Balaban J connectivity index is 1.99. The lowest BCUT2D eigenvalue weighted by Crippen LogP contribution is -2.30. The lowest BCUT2D eigenvalue weighted by molar-refractivity contribution is 0.591. The van der Waals surface area contributed by atoms with Gasteiger partial charge in [-0.2, -0.15) is 0 Å². The molecule has 1 rings (SSSR count). The van der Waals surface area contributed by atoms with Crippen LogP contribution in [0.4, 0.5) is 0 Å². The Labute approximate surface area is 103 Å². The first-order valence-corrected chi connectivity index (χ1v) is 7.77. The molecule has 96 valence electrons. The topological polar surface area (TPSA) is 58.2 Å². The molecule has 0 amide bonds. The van der Waals surface area contributed by atoms with Crippen molar-refractivity contribution in [1.82, 2.24) is 10.6 Å². The third-order valence-corrected chi connectivity index (χ3v) is 3.25. The Morgan fingerprint density at radius 3 is 2.29 bits per heavy atom. The van der Waals surface area contributed by atoms with E-state index in [1.165, 1.54) is 11.8 Å². The van der Waals surface area contributed by atoms with Gasteiger partial charge >= 0.3 is 0 Å². The van der Waals surface area contributed by atoms with E-state index in [0.29, 0.717) is 6.54 Å². The van der Waals surface area contributed by atoms with Gasteiger partial charge < -0.3 is 10.6 Å². The number of nitrogens with one attached hydrogen (secondary N) is 2. The smallest absolute Gasteiger partial charge is 0.148 e. The summed E-state index contributed by atoms with van der Waals surface area (Å²) in [7, 11) is -2.84. The van der Waals surface area contributed by atoms with E-state index < -0.39 is 9.84 Å². The molecule has 0 radical (unpaired) electrons. The highest BCUT2D eigenvalue weighted by Crippen LogP contribution is 1.96. The molecule has 0 bridgehead atoms. The summed E-state index contributed by atoms with van der Waals surface area (Å²) in [5, 5.41) is 6.37. The first-order valence-electron chi connectivity index (χ1n) is 5.71. The number of sulfone groups is 1. The van der Waals surface area contributed by atoms with Gasteiger partial charge in [-0.3, -0.25) is 0 Å². The van der Waals surface area contributed by atoms with Crippen LogP contribution in [0.25, 0.3) is 0 Å². The molecule has 0 aromatic heterocycles. The summed E-state index contributed by atoms with van der Waals surface area (Å²) in [6.45, 7) is 2.97. The molecule has 0 unspecified atom stereocenters. The Morgan fingerprint density at radius 2 is 1.65 bits per heavy atom. The van der Waals surface area contributed by atoms with Crippen molar-refractivity contribution in [2.45, 2.75) is 6.54 Å². The fraction of sp³-hybridized carbons (Fsp3) is 0.500. The first kappa shape index (κ1) is 14.2. The van der Waals surface area contributed by atoms with Crippen LogP contribution < -0.4 is 10.6 Å². The molecule has 1 aromatic rings. The highest BCUT2D eigenvalue weighted by atomic mass is 32.2. The summed E-state index contributed by atoms with van der Waals surface area (Å²) < 4.78 is 21.7. The second-order valence-electron chi connectivity index (χ2n) is 4.04. The zero-order valence-electron chi connectivity index (χ0n) is 10.1. The average Bonchev–Trinajstić information content (AvgIpc) is 2.28. The van der Waals surface area contributed by atoms with E-state index in [2.05, 4.69) is 22.8 Å². The van der Waals surface area contributed by atoms with E-state index in [-0.39, 0.29) is 5.75 Å². The van der Waals surface area contributed by atoms with E-state index in [9.17, 15) is 8.42 Å². The van der Waals surface area contributed by atoms with Gasteiger partial charge in [-0.25, -0.2) is 8.42 Å². The van der Waals surface area contributed by atoms with Crippen LogP contribution in [0.2, 0.25) is 0 Å². The van der Waals surface area contributed by atoms with Crippen LogP contribution in [0.5, 0.6) is 0 Å². The maximum atomic E-state index is 10.8. The van der Waals surface area contributed by atoms with Gasteiger partial charge in [0, 0.05) is 32.4 Å². The van der Waals surface area contributed by atoms with E-state index in [4.69, 9.17) is 0 Å². The van der Waals surface area contributed by atoms with Crippen LogP contribution in [0.1, 0.15) is 5.56 Å². The predicted octanol–water partition coefficient (Wildman–Crippen LogP) is 0.410. The Kier molecular flexibility index (Phi) is 6.18. The van der Waals surface area contributed by atoms with Crippen molar-refractivity contribution in [1.29, 1.82) is 0 Å². The largest absolute Gasteiger partial charge is 0.314 e. The summed E-state index contributed by atoms with van der Waals surface area (Å²) >= 11 is 0. The summed E-state index contributed by atoms with van der Waals surface area (Å²) in [4.78, 5) is 0. The number of rotatable bonds is 8. The summed E-state index contributed by atoms with van der Waals surface area (Å²) in [5.74, 6) is 0.200. The number of hydrogen-bond acceptors (Lipinski definition) is 4. The third kappa shape index (κ3) is 7.90. The highest BCUT2D eigenvalue weighted by Gasteiger charge is 1.99. The molecular weight excluding hydrogens is 236 g/mol. The van der Waals surface area contributed by atoms with Gasteiger partial charge in [0.25, 0.3) is 0 Å². The van der Waals surface area contributed by atoms with Gasteiger partial charge in [0.05, 0.1) is 5.75 Å². The quantitative estimate of drug-likeness (QED) is 0.662. The second kappa shape index (κ2) is 7.42. The number of hydrogen-bond donors (Lipinski definition) is 2. The third-order valence-electron chi connectivity index (χ3n) is 2.30. The molecular formula is C12H20N2O2S. The van der Waals surface area contributed by atoms with Gasteiger partial charge in [-0.05, 0) is 5.56 Å². The normalized spacial score (nSPS) is 11.6. The van der Waals surface area contributed by atoms with Crippen LogP contribution in [0.3, 0.4) is 0 Å². The van der Waals surface area contributed by atoms with Gasteiger partial charge in [0.2, 0.25) is 0 Å². The van der Waals surface area contributed by atoms with E-state index in [0.717, 1.165) is 19.6 Å². The standard InChI is InChI=1S/C12H20N2O2S/c1-17(15,16)10-9-13-7-8-14-11-12-5-3-2-4-6-12/h2-6,13-14H,7-11H2,1H3. The van der Waals surface area contributed by atoms with Crippen molar-refractivity contribution in [3.05, 3.63) is 35.9 Å². The minimum Gasteiger partial charge on any atom is -0.314 e. The Hall–Kier alpha value is -0.910. The van der Waals surface area contributed by atoms with Gasteiger partial charge in [0.1, 0.15) is 9.84 Å². The van der Waals surface area contributed by atoms with Crippen LogP contribution in [-0.2, 0) is 16.4 Å². The maximum absolute atomic E-state index is 10.8. The van der Waals surface area contributed by atoms with Crippen LogP contribution in [0.15, 0.2) is 30.3 Å². The summed E-state index contributed by atoms with van der Waals surface area (Å²) in [6, 6.07) is 10.2. The van der Waals surface area contributed by atoms with Gasteiger partial charge in [-0.15, -0.1) is 0 Å². The lowest BCUT2D eigenvalue weighted by Gasteiger charge is -2.06. The molecule has 0 fully saturated rings. The minimum atomic E-state index is -2.84. The van der Waals surface area contributed by atoms with Crippen molar-refractivity contribution in [2.75, 3.05) is 31.6 Å². The SMILES string of the molecule is CS(=O)(=O)CCNCCNCc1ccccc1. The fourth-order valence-electron chi connectivity index (χ4n) is 1.39. The second-order valence-corrected chi connectivity index (χ2v) is 6.30. The first-order chi connectivity index (χ1) is 8.08. The number of benzene rings is 1. The van der Waals surface area contributed by atoms with E-state index in [1.54, 1.807) is 0 Å². The van der Waals surface area contributed by atoms with Crippen molar-refractivity contribution >= 4 is 9.84 Å². The molecule has 0 saturated carbocycles. The average molecular weight is 256 g/mol. The van der Waals surface area contributed by atoms with Crippen molar-refractivity contribution < 1.29 is 8.42 Å². The monoisotopic (exact) mass is 256 g/mol. The molecule has 0 heterocycles. The fourth-order valence-corrected chi connectivity index (χ4v) is 1.90. The van der Waals surface area contributed by atoms with Crippen LogP contribution in [-0.4, -0.2) is 40.1 Å². The van der Waals surface area contributed by atoms with Crippen LogP contribution >= 0.6 is 0 Å². The molecule has 0 aliphatic carbocycles. The summed E-state index contributed by atoms with van der Waals surface area (Å²) in [6.07, 6.45) is 1.25. The van der Waals surface area contributed by atoms with Gasteiger partial charge in [0.15, 0.2) is 0 Å². The van der Waals surface area contributed by atoms with E-state index >= 15 is 0 Å². The van der Waals surface area contributed by atoms with Gasteiger partial charge in [-0.1, -0.05) is 30.3 Å². The Bertz CT molecular complexity index is 404. The molecule has 0 saturated heterocycles. The molecule has 0 atom stereocenters. The molecule has 2 N–H and O–H groups in total. The molecule has 0 spiro atoms. The molecule has 4 nitrogen and oxygen atoms in total. The minimum absolute atomic E-state index is 0.200. The zero-order valence-corrected chi connectivity index (χ0v) is 11.0. The molecule has 1 aromatic carbocycles. The predicted molar refractivity (Wildman–Crippen MR) is 70.7 cm³/mol. The van der Waals surface area contributed by atoms with Crippen molar-refractivity contribution in [3.63, 3.8) is 0 Å². The van der Waals surface area contributed by atoms with Crippen molar-refractivity contribution in [2.24, 2.45) is 0 Å².